The molecule has 0 aliphatic carbocycles. The number of carbonyl (C=O) groups excluding carboxylic acids is 1. The van der Waals surface area contributed by atoms with Gasteiger partial charge < -0.3 is 20.5 Å². The number of piperidine rings is 1. The van der Waals surface area contributed by atoms with Gasteiger partial charge in [0.15, 0.2) is 0 Å². The average molecular weight is 292 g/mol. The molecule has 1 fully saturated rings. The zero-order valence-electron chi connectivity index (χ0n) is 12.7. The maximum Gasteiger partial charge on any atom is 0.338 e. The van der Waals surface area contributed by atoms with E-state index in [1.54, 1.807) is 19.1 Å². The summed E-state index contributed by atoms with van der Waals surface area (Å²) in [4.78, 5) is 13.9. The Hall–Kier alpha value is -1.75. The first-order chi connectivity index (χ1) is 10.0. The van der Waals surface area contributed by atoms with Gasteiger partial charge in [0.2, 0.25) is 0 Å². The highest BCUT2D eigenvalue weighted by Gasteiger charge is 2.24. The Morgan fingerprint density at radius 3 is 2.67 bits per heavy atom. The monoisotopic (exact) mass is 292 g/mol. The highest BCUT2D eigenvalue weighted by Crippen LogP contribution is 2.30. The molecule has 0 spiro atoms. The number of rotatable bonds is 4. The van der Waals surface area contributed by atoms with Crippen LogP contribution in [0.4, 0.5) is 11.4 Å². The van der Waals surface area contributed by atoms with Crippen molar-refractivity contribution in [1.29, 1.82) is 0 Å². The fourth-order valence-corrected chi connectivity index (χ4v) is 2.81. The topological polar surface area (TPSA) is 75.8 Å². The fourth-order valence-electron chi connectivity index (χ4n) is 2.81. The quantitative estimate of drug-likeness (QED) is 0.656. The van der Waals surface area contributed by atoms with E-state index in [0.717, 1.165) is 31.6 Å². The van der Waals surface area contributed by atoms with Crippen molar-refractivity contribution in [2.75, 3.05) is 30.3 Å². The summed E-state index contributed by atoms with van der Waals surface area (Å²) in [5, 5.41) is 9.64. The van der Waals surface area contributed by atoms with E-state index in [1.165, 1.54) is 0 Å². The lowest BCUT2D eigenvalue weighted by atomic mass is 9.92. The van der Waals surface area contributed by atoms with Gasteiger partial charge in [0.05, 0.1) is 29.6 Å². The maximum atomic E-state index is 11.7. The number of esters is 1. The van der Waals surface area contributed by atoms with E-state index in [4.69, 9.17) is 10.5 Å². The van der Waals surface area contributed by atoms with Gasteiger partial charge in [-0.3, -0.25) is 0 Å². The van der Waals surface area contributed by atoms with Crippen molar-refractivity contribution in [2.45, 2.75) is 32.8 Å². The molecule has 21 heavy (non-hydrogen) atoms. The van der Waals surface area contributed by atoms with E-state index in [-0.39, 0.29) is 12.1 Å². The molecule has 1 aromatic carbocycles. The van der Waals surface area contributed by atoms with Crippen molar-refractivity contribution in [3.05, 3.63) is 23.8 Å². The highest BCUT2D eigenvalue weighted by molar-refractivity contribution is 5.92. The second-order valence-corrected chi connectivity index (χ2v) is 5.56. The molecule has 0 amide bonds. The van der Waals surface area contributed by atoms with E-state index in [9.17, 15) is 9.90 Å². The van der Waals surface area contributed by atoms with Gasteiger partial charge in [-0.05, 0) is 50.8 Å². The van der Waals surface area contributed by atoms with Crippen molar-refractivity contribution in [3.8, 4) is 0 Å². The molecular formula is C16H24N2O3. The Labute approximate surface area is 125 Å². The smallest absolute Gasteiger partial charge is 0.338 e. The number of hydrogen-bond donors (Lipinski definition) is 2. The van der Waals surface area contributed by atoms with Crippen molar-refractivity contribution in [2.24, 2.45) is 5.92 Å². The number of ether oxygens (including phenoxy) is 1. The summed E-state index contributed by atoms with van der Waals surface area (Å²) >= 11 is 0. The molecule has 3 N–H and O–H groups in total. The van der Waals surface area contributed by atoms with Crippen LogP contribution >= 0.6 is 0 Å². The summed E-state index contributed by atoms with van der Waals surface area (Å²) in [6, 6.07) is 5.31. The number of benzene rings is 1. The number of aliphatic hydroxyl groups is 1. The zero-order valence-corrected chi connectivity index (χ0v) is 12.7. The molecule has 1 aliphatic rings. The molecule has 0 saturated carbocycles. The highest BCUT2D eigenvalue weighted by atomic mass is 16.5. The Balaban J connectivity index is 2.06. The SMILES string of the molecule is CCOC(=O)c1ccc(N2CCC(C(C)O)CC2)c(N)c1. The fraction of sp³-hybridized carbons (Fsp3) is 0.562. The second-order valence-electron chi connectivity index (χ2n) is 5.56. The van der Waals surface area contributed by atoms with E-state index in [0.29, 0.717) is 23.8 Å². The largest absolute Gasteiger partial charge is 0.462 e. The Morgan fingerprint density at radius 2 is 2.14 bits per heavy atom. The van der Waals surface area contributed by atoms with Crippen LogP contribution in [0.5, 0.6) is 0 Å². The summed E-state index contributed by atoms with van der Waals surface area (Å²) in [6.45, 7) is 5.73. The molecule has 116 valence electrons. The van der Waals surface area contributed by atoms with Crippen LogP contribution in [-0.2, 0) is 4.74 Å². The van der Waals surface area contributed by atoms with Gasteiger partial charge in [-0.25, -0.2) is 4.79 Å². The van der Waals surface area contributed by atoms with Gasteiger partial charge in [-0.1, -0.05) is 0 Å². The van der Waals surface area contributed by atoms with E-state index >= 15 is 0 Å². The maximum absolute atomic E-state index is 11.7. The number of anilines is 2. The molecule has 1 saturated heterocycles. The van der Waals surface area contributed by atoms with Gasteiger partial charge in [0.25, 0.3) is 0 Å². The summed E-state index contributed by atoms with van der Waals surface area (Å²) in [5.41, 5.74) is 8.11. The summed E-state index contributed by atoms with van der Waals surface area (Å²) in [5.74, 6) is 0.0184. The predicted molar refractivity (Wildman–Crippen MR) is 83.4 cm³/mol. The summed E-state index contributed by atoms with van der Waals surface area (Å²) in [7, 11) is 0. The minimum Gasteiger partial charge on any atom is -0.462 e. The van der Waals surface area contributed by atoms with Gasteiger partial charge in [0.1, 0.15) is 0 Å². The number of nitrogen functional groups attached to an aromatic ring is 1. The van der Waals surface area contributed by atoms with E-state index in [1.807, 2.05) is 13.0 Å². The molecule has 5 nitrogen and oxygen atoms in total. The van der Waals surface area contributed by atoms with Crippen LogP contribution in [0.1, 0.15) is 37.0 Å². The normalized spacial score (nSPS) is 17.6. The number of carbonyl (C=O) groups is 1. The minimum atomic E-state index is -0.344. The molecule has 0 radical (unpaired) electrons. The Bertz CT molecular complexity index is 494. The molecule has 0 bridgehead atoms. The molecule has 1 aliphatic heterocycles. The zero-order chi connectivity index (χ0) is 15.4. The van der Waals surface area contributed by atoms with Crippen LogP contribution in [0.3, 0.4) is 0 Å². The molecule has 2 rings (SSSR count). The standard InChI is InChI=1S/C16H24N2O3/c1-3-21-16(20)13-4-5-15(14(17)10-13)18-8-6-12(7-9-18)11(2)19/h4-5,10-12,19H,3,6-9,17H2,1-2H3. The molecule has 1 atom stereocenters. The van der Waals surface area contributed by atoms with Crippen LogP contribution in [0.15, 0.2) is 18.2 Å². The third kappa shape index (κ3) is 3.67. The average Bonchev–Trinajstić information content (AvgIpc) is 2.47. The number of nitrogens with two attached hydrogens (primary N) is 1. The lowest BCUT2D eigenvalue weighted by Crippen LogP contribution is -2.37. The van der Waals surface area contributed by atoms with Crippen LogP contribution in [-0.4, -0.2) is 36.9 Å². The van der Waals surface area contributed by atoms with Crippen LogP contribution in [0.2, 0.25) is 0 Å². The third-order valence-corrected chi connectivity index (χ3v) is 4.10. The number of nitrogens with zero attached hydrogens (tertiary/aromatic N) is 1. The molecule has 1 heterocycles. The summed E-state index contributed by atoms with van der Waals surface area (Å²) in [6.07, 6.45) is 1.66. The van der Waals surface area contributed by atoms with E-state index in [2.05, 4.69) is 4.90 Å². The van der Waals surface area contributed by atoms with E-state index < -0.39 is 0 Å². The van der Waals surface area contributed by atoms with Gasteiger partial charge in [-0.2, -0.15) is 0 Å². The van der Waals surface area contributed by atoms with Crippen molar-refractivity contribution < 1.29 is 14.6 Å². The van der Waals surface area contributed by atoms with Crippen LogP contribution in [0, 0.1) is 5.92 Å². The Morgan fingerprint density at radius 1 is 1.48 bits per heavy atom. The molecule has 0 aromatic heterocycles. The lowest BCUT2D eigenvalue weighted by molar-refractivity contribution is 0.0526. The third-order valence-electron chi connectivity index (χ3n) is 4.10. The predicted octanol–water partition coefficient (Wildman–Crippen LogP) is 2.04. The second kappa shape index (κ2) is 6.80. The first-order valence-electron chi connectivity index (χ1n) is 7.52. The van der Waals surface area contributed by atoms with Crippen LogP contribution in [0.25, 0.3) is 0 Å². The number of hydrogen-bond acceptors (Lipinski definition) is 5. The lowest BCUT2D eigenvalue weighted by Gasteiger charge is -2.35. The van der Waals surface area contributed by atoms with Gasteiger partial charge in [0, 0.05) is 13.1 Å². The molecule has 1 aromatic rings. The molecular weight excluding hydrogens is 268 g/mol. The van der Waals surface area contributed by atoms with Crippen molar-refractivity contribution in [1.82, 2.24) is 0 Å². The molecule has 1 unspecified atom stereocenters. The van der Waals surface area contributed by atoms with Gasteiger partial charge in [-0.15, -0.1) is 0 Å². The first-order valence-corrected chi connectivity index (χ1v) is 7.52. The summed E-state index contributed by atoms with van der Waals surface area (Å²) < 4.78 is 4.97. The van der Waals surface area contributed by atoms with Gasteiger partial charge >= 0.3 is 5.97 Å². The number of aliphatic hydroxyl groups excluding tert-OH is 1. The first kappa shape index (κ1) is 15.6. The molecule has 5 heteroatoms. The van der Waals surface area contributed by atoms with Crippen molar-refractivity contribution >= 4 is 17.3 Å². The minimum absolute atomic E-state index is 0.254. The van der Waals surface area contributed by atoms with Crippen molar-refractivity contribution in [3.63, 3.8) is 0 Å². The Kier molecular flexibility index (Phi) is 5.07. The van der Waals surface area contributed by atoms with Crippen LogP contribution < -0.4 is 10.6 Å².